The molecule has 0 aliphatic carbocycles. The number of fused-ring (bicyclic) bond motifs is 1. The van der Waals surface area contributed by atoms with E-state index >= 15 is 0 Å². The Balaban J connectivity index is 1.73. The number of carbonyl (C=O) groups is 1. The third-order valence-corrected chi connectivity index (χ3v) is 7.09. The molecule has 134 valence electrons. The van der Waals surface area contributed by atoms with E-state index in [0.29, 0.717) is 17.4 Å². The molecule has 0 saturated carbocycles. The van der Waals surface area contributed by atoms with Gasteiger partial charge >= 0.3 is 5.97 Å². The molecule has 1 spiro atoms. The molecule has 0 amide bonds. The first kappa shape index (κ1) is 16.6. The van der Waals surface area contributed by atoms with Crippen LogP contribution in [0.2, 0.25) is 0 Å². The first-order valence-corrected chi connectivity index (χ1v) is 9.79. The molecule has 2 fully saturated rings. The van der Waals surface area contributed by atoms with Gasteiger partial charge in [-0.05, 0) is 43.8 Å². The van der Waals surface area contributed by atoms with Gasteiger partial charge in [-0.3, -0.25) is 4.79 Å². The summed E-state index contributed by atoms with van der Waals surface area (Å²) in [6, 6.07) is 7.45. The zero-order chi connectivity index (χ0) is 17.7. The predicted octanol–water partition coefficient (Wildman–Crippen LogP) is 1.65. The SMILES string of the molecule is O=C(O)C1CC2(CCNCC2)CN1S(=O)(=O)c1cc2ccccc2o1. The largest absolute Gasteiger partial charge is 0.480 e. The molecule has 7 nitrogen and oxygen atoms in total. The van der Waals surface area contributed by atoms with Gasteiger partial charge in [0.05, 0.1) is 0 Å². The lowest BCUT2D eigenvalue weighted by Crippen LogP contribution is -2.41. The van der Waals surface area contributed by atoms with Crippen LogP contribution >= 0.6 is 0 Å². The Morgan fingerprint density at radius 1 is 1.28 bits per heavy atom. The topological polar surface area (TPSA) is 99.9 Å². The summed E-state index contributed by atoms with van der Waals surface area (Å²) >= 11 is 0. The molecule has 0 bridgehead atoms. The Hall–Kier alpha value is -1.90. The molecule has 25 heavy (non-hydrogen) atoms. The lowest BCUT2D eigenvalue weighted by atomic mass is 9.77. The van der Waals surface area contributed by atoms with Crippen LogP contribution in [0.3, 0.4) is 0 Å². The van der Waals surface area contributed by atoms with Crippen LogP contribution in [-0.2, 0) is 14.8 Å². The van der Waals surface area contributed by atoms with Crippen molar-refractivity contribution in [3.63, 3.8) is 0 Å². The number of para-hydroxylation sites is 1. The van der Waals surface area contributed by atoms with Crippen LogP contribution in [-0.4, -0.2) is 49.5 Å². The summed E-state index contributed by atoms with van der Waals surface area (Å²) in [5, 5.41) is 13.3. The molecule has 8 heteroatoms. The van der Waals surface area contributed by atoms with E-state index in [9.17, 15) is 18.3 Å². The van der Waals surface area contributed by atoms with Crippen molar-refractivity contribution in [3.05, 3.63) is 30.3 Å². The number of nitrogens with zero attached hydrogens (tertiary/aromatic N) is 1. The van der Waals surface area contributed by atoms with Crippen LogP contribution in [0.5, 0.6) is 0 Å². The maximum atomic E-state index is 13.1. The Bertz CT molecular complexity index is 881. The zero-order valence-electron chi connectivity index (χ0n) is 13.6. The average molecular weight is 364 g/mol. The van der Waals surface area contributed by atoms with Gasteiger partial charge in [-0.15, -0.1) is 0 Å². The van der Waals surface area contributed by atoms with Crippen molar-refractivity contribution >= 4 is 27.0 Å². The molecule has 2 N–H and O–H groups in total. The van der Waals surface area contributed by atoms with Crippen LogP contribution in [0.4, 0.5) is 0 Å². The highest BCUT2D eigenvalue weighted by Crippen LogP contribution is 2.44. The molecule has 1 atom stereocenters. The van der Waals surface area contributed by atoms with Gasteiger partial charge in [0.1, 0.15) is 11.6 Å². The number of piperidine rings is 1. The summed E-state index contributed by atoms with van der Waals surface area (Å²) in [6.07, 6.45) is 1.91. The van der Waals surface area contributed by atoms with Crippen molar-refractivity contribution in [3.8, 4) is 0 Å². The number of hydrogen-bond acceptors (Lipinski definition) is 5. The summed E-state index contributed by atoms with van der Waals surface area (Å²) in [6.45, 7) is 1.79. The van der Waals surface area contributed by atoms with Crippen LogP contribution < -0.4 is 5.32 Å². The van der Waals surface area contributed by atoms with Crippen molar-refractivity contribution in [2.45, 2.75) is 30.4 Å². The van der Waals surface area contributed by atoms with E-state index in [2.05, 4.69) is 5.32 Å². The van der Waals surface area contributed by atoms with Crippen molar-refractivity contribution in [1.82, 2.24) is 9.62 Å². The first-order chi connectivity index (χ1) is 11.9. The van der Waals surface area contributed by atoms with Gasteiger partial charge in [-0.25, -0.2) is 8.42 Å². The molecule has 0 radical (unpaired) electrons. The van der Waals surface area contributed by atoms with Gasteiger partial charge in [0.15, 0.2) is 0 Å². The smallest absolute Gasteiger partial charge is 0.322 e. The van der Waals surface area contributed by atoms with Crippen molar-refractivity contribution in [2.75, 3.05) is 19.6 Å². The number of furan rings is 1. The summed E-state index contributed by atoms with van der Waals surface area (Å²) in [5.41, 5.74) is 0.205. The number of carboxylic acids is 1. The number of aliphatic carboxylic acids is 1. The average Bonchev–Trinajstić information content (AvgIpc) is 3.18. The number of rotatable bonds is 3. The molecule has 2 saturated heterocycles. The predicted molar refractivity (Wildman–Crippen MR) is 90.7 cm³/mol. The minimum Gasteiger partial charge on any atom is -0.480 e. The second-order valence-electron chi connectivity index (χ2n) is 6.96. The minimum absolute atomic E-state index is 0.189. The number of nitrogens with one attached hydrogen (secondary N) is 1. The normalized spacial score (nSPS) is 24.1. The van der Waals surface area contributed by atoms with Gasteiger partial charge in [0.25, 0.3) is 10.0 Å². The van der Waals surface area contributed by atoms with Crippen LogP contribution in [0.25, 0.3) is 11.0 Å². The quantitative estimate of drug-likeness (QED) is 0.859. The Morgan fingerprint density at radius 2 is 2.00 bits per heavy atom. The highest BCUT2D eigenvalue weighted by Gasteiger charge is 2.52. The Kier molecular flexibility index (Phi) is 3.86. The highest BCUT2D eigenvalue weighted by atomic mass is 32.2. The molecule has 3 heterocycles. The molecule has 2 aliphatic rings. The van der Waals surface area contributed by atoms with Gasteiger partial charge in [-0.2, -0.15) is 4.31 Å². The minimum atomic E-state index is -4.00. The monoisotopic (exact) mass is 364 g/mol. The summed E-state index contributed by atoms with van der Waals surface area (Å²) < 4.78 is 32.8. The van der Waals surface area contributed by atoms with Crippen LogP contribution in [0.1, 0.15) is 19.3 Å². The molecule has 1 aromatic carbocycles. The fourth-order valence-electron chi connectivity index (χ4n) is 4.00. The Labute approximate surface area is 145 Å². The molecule has 4 rings (SSSR count). The van der Waals surface area contributed by atoms with Gasteiger partial charge < -0.3 is 14.8 Å². The van der Waals surface area contributed by atoms with E-state index in [1.54, 1.807) is 24.3 Å². The summed E-state index contributed by atoms with van der Waals surface area (Å²) in [4.78, 5) is 11.7. The van der Waals surface area contributed by atoms with E-state index in [4.69, 9.17) is 4.42 Å². The Morgan fingerprint density at radius 3 is 2.68 bits per heavy atom. The van der Waals surface area contributed by atoms with Crippen molar-refractivity contribution < 1.29 is 22.7 Å². The van der Waals surface area contributed by atoms with Crippen molar-refractivity contribution in [1.29, 1.82) is 0 Å². The van der Waals surface area contributed by atoms with E-state index in [-0.39, 0.29) is 17.1 Å². The molecule has 2 aliphatic heterocycles. The maximum absolute atomic E-state index is 13.1. The second kappa shape index (κ2) is 5.82. The third kappa shape index (κ3) is 2.74. The van der Waals surface area contributed by atoms with Gasteiger partial charge in [0, 0.05) is 18.0 Å². The van der Waals surface area contributed by atoms with Gasteiger partial charge in [0.2, 0.25) is 5.09 Å². The lowest BCUT2D eigenvalue weighted by molar-refractivity contribution is -0.140. The van der Waals surface area contributed by atoms with E-state index < -0.39 is 22.0 Å². The molecular weight excluding hydrogens is 344 g/mol. The van der Waals surface area contributed by atoms with Gasteiger partial charge in [-0.1, -0.05) is 18.2 Å². The fourth-order valence-corrected chi connectivity index (χ4v) is 5.65. The summed E-state index contributed by atoms with van der Waals surface area (Å²) in [5.74, 6) is -1.10. The van der Waals surface area contributed by atoms with E-state index in [1.165, 1.54) is 6.07 Å². The fraction of sp³-hybridized carbons (Fsp3) is 0.471. The van der Waals surface area contributed by atoms with Crippen molar-refractivity contribution in [2.24, 2.45) is 5.41 Å². The number of carboxylic acid groups (broad SMARTS) is 1. The maximum Gasteiger partial charge on any atom is 0.322 e. The first-order valence-electron chi connectivity index (χ1n) is 8.35. The van der Waals surface area contributed by atoms with Crippen LogP contribution in [0.15, 0.2) is 39.8 Å². The molecular formula is C17H20N2O5S. The second-order valence-corrected chi connectivity index (χ2v) is 8.78. The lowest BCUT2D eigenvalue weighted by Gasteiger charge is -2.33. The van der Waals surface area contributed by atoms with E-state index in [1.807, 2.05) is 0 Å². The molecule has 2 aromatic rings. The van der Waals surface area contributed by atoms with Crippen LogP contribution in [0, 0.1) is 5.41 Å². The number of hydrogen-bond donors (Lipinski definition) is 2. The number of benzene rings is 1. The highest BCUT2D eigenvalue weighted by molar-refractivity contribution is 7.89. The molecule has 1 unspecified atom stereocenters. The summed E-state index contributed by atoms with van der Waals surface area (Å²) in [7, 11) is -4.00. The standard InChI is InChI=1S/C17H20N2O5S/c20-16(21)13-10-17(5-7-18-8-6-17)11-19(13)25(22,23)15-9-12-3-1-2-4-14(12)24-15/h1-4,9,13,18H,5-8,10-11H2,(H,20,21). The van der Waals surface area contributed by atoms with E-state index in [0.717, 1.165) is 30.2 Å². The third-order valence-electron chi connectivity index (χ3n) is 5.38. The zero-order valence-corrected chi connectivity index (χ0v) is 14.5. The number of sulfonamides is 1. The molecule has 1 aromatic heterocycles.